The molecular formula is C44H40O20S4. The zero-order valence-corrected chi connectivity index (χ0v) is 40.8. The maximum atomic E-state index is 13.5. The van der Waals surface area contributed by atoms with Crippen LogP contribution in [0.2, 0.25) is 0 Å². The highest BCUT2D eigenvalue weighted by atomic mass is 33.1. The average molecular weight is 1020 g/mol. The van der Waals surface area contributed by atoms with E-state index in [-0.39, 0.29) is 21.6 Å². The number of carbonyl (C=O) groups is 10. The van der Waals surface area contributed by atoms with Gasteiger partial charge in [-0.15, -0.1) is 0 Å². The van der Waals surface area contributed by atoms with Crippen LogP contribution in [0.1, 0.15) is 104 Å². The first kappa shape index (κ1) is 55.3. The predicted octanol–water partition coefficient (Wildman–Crippen LogP) is 6.84. The summed E-state index contributed by atoms with van der Waals surface area (Å²) >= 11 is 0. The van der Waals surface area contributed by atoms with Crippen molar-refractivity contribution in [2.75, 3.05) is 71.1 Å². The van der Waals surface area contributed by atoms with Gasteiger partial charge < -0.3 is 47.4 Å². The average Bonchev–Trinajstić information content (AvgIpc) is 3.38. The van der Waals surface area contributed by atoms with E-state index in [0.717, 1.165) is 71.1 Å². The third-order valence-corrected chi connectivity index (χ3v) is 13.6. The van der Waals surface area contributed by atoms with Gasteiger partial charge in [-0.2, -0.15) is 0 Å². The van der Waals surface area contributed by atoms with E-state index in [1.807, 2.05) is 12.1 Å². The molecule has 0 amide bonds. The summed E-state index contributed by atoms with van der Waals surface area (Å²) in [5.41, 5.74) is -9.66. The van der Waals surface area contributed by atoms with Gasteiger partial charge in [0.1, 0.15) is 0 Å². The molecule has 0 radical (unpaired) electrons. The maximum Gasteiger partial charge on any atom is 0.339 e. The molecule has 4 rings (SSSR count). The summed E-state index contributed by atoms with van der Waals surface area (Å²) in [5.74, 6) is -14.4. The van der Waals surface area contributed by atoms with Gasteiger partial charge in [0.2, 0.25) is 0 Å². The molecule has 4 aromatic carbocycles. The minimum absolute atomic E-state index is 0.198. The van der Waals surface area contributed by atoms with E-state index >= 15 is 0 Å². The Labute approximate surface area is 403 Å². The number of esters is 10. The molecule has 4 aromatic rings. The van der Waals surface area contributed by atoms with Gasteiger partial charge in [0.25, 0.3) is 0 Å². The molecule has 0 heterocycles. The van der Waals surface area contributed by atoms with Crippen molar-refractivity contribution in [3.05, 3.63) is 116 Å². The lowest BCUT2D eigenvalue weighted by Gasteiger charge is -2.23. The van der Waals surface area contributed by atoms with Crippen molar-refractivity contribution in [3.63, 3.8) is 0 Å². The topological polar surface area (TPSA) is 263 Å². The molecule has 0 saturated heterocycles. The van der Waals surface area contributed by atoms with Crippen molar-refractivity contribution in [1.82, 2.24) is 0 Å². The van der Waals surface area contributed by atoms with E-state index in [1.165, 1.54) is 9.79 Å². The molecule has 0 spiro atoms. The lowest BCUT2D eigenvalue weighted by molar-refractivity contribution is 0.0505. The minimum Gasteiger partial charge on any atom is -0.465 e. The lowest BCUT2D eigenvalue weighted by Crippen LogP contribution is -2.27. The molecule has 0 bridgehead atoms. The molecule has 68 heavy (non-hydrogen) atoms. The second-order valence-electron chi connectivity index (χ2n) is 12.3. The van der Waals surface area contributed by atoms with Crippen molar-refractivity contribution in [2.24, 2.45) is 0 Å². The normalized spacial score (nSPS) is 10.1. The Morgan fingerprint density at radius 1 is 0.250 bits per heavy atom. The molecular weight excluding hydrogens is 977 g/mol. The zero-order valence-electron chi connectivity index (χ0n) is 37.6. The lowest BCUT2D eigenvalue weighted by atomic mass is 9.90. The van der Waals surface area contributed by atoms with Crippen molar-refractivity contribution in [2.45, 2.75) is 19.6 Å². The second kappa shape index (κ2) is 26.4. The summed E-state index contributed by atoms with van der Waals surface area (Å²) in [6, 6.07) is 20.8. The molecule has 20 nitrogen and oxygen atoms in total. The van der Waals surface area contributed by atoms with Crippen molar-refractivity contribution in [1.29, 1.82) is 0 Å². The smallest absolute Gasteiger partial charge is 0.339 e. The molecule has 360 valence electrons. The Balaban J connectivity index is 0.000000736. The fraction of sp³-hybridized carbons (Fsp3) is 0.227. The Morgan fingerprint density at radius 3 is 0.588 bits per heavy atom. The fourth-order valence-electron chi connectivity index (χ4n) is 5.78. The molecule has 0 saturated carbocycles. The van der Waals surface area contributed by atoms with Gasteiger partial charge in [0.15, 0.2) is 0 Å². The van der Waals surface area contributed by atoms with Crippen LogP contribution in [0.4, 0.5) is 0 Å². The highest BCUT2D eigenvalue weighted by Crippen LogP contribution is 2.49. The van der Waals surface area contributed by atoms with E-state index < -0.39 is 125 Å². The summed E-state index contributed by atoms with van der Waals surface area (Å²) in [5, 5.41) is 0. The number of methoxy groups -OCH3 is 10. The van der Waals surface area contributed by atoms with Gasteiger partial charge in [0.05, 0.1) is 127 Å². The molecule has 0 N–H and O–H groups in total. The molecule has 0 fully saturated rings. The second-order valence-corrected chi connectivity index (χ2v) is 16.7. The highest BCUT2D eigenvalue weighted by Gasteiger charge is 2.44. The van der Waals surface area contributed by atoms with Crippen LogP contribution in [0.15, 0.2) is 80.2 Å². The number of benzene rings is 4. The first-order valence-corrected chi connectivity index (χ1v) is 22.9. The monoisotopic (exact) mass is 1020 g/mol. The van der Waals surface area contributed by atoms with Gasteiger partial charge in [-0.05, 0) is 24.3 Å². The molecule has 0 aromatic heterocycles. The molecule has 24 heteroatoms. The van der Waals surface area contributed by atoms with Crippen molar-refractivity contribution < 1.29 is 95.3 Å². The van der Waals surface area contributed by atoms with E-state index in [1.54, 1.807) is 21.6 Å². The Bertz CT molecular complexity index is 2320. The van der Waals surface area contributed by atoms with E-state index in [4.69, 9.17) is 47.4 Å². The Morgan fingerprint density at radius 2 is 0.412 bits per heavy atom. The van der Waals surface area contributed by atoms with Crippen LogP contribution in [0.25, 0.3) is 0 Å². The molecule has 0 aliphatic carbocycles. The third kappa shape index (κ3) is 12.3. The van der Waals surface area contributed by atoms with Crippen LogP contribution in [0.5, 0.6) is 0 Å². The van der Waals surface area contributed by atoms with Gasteiger partial charge in [0, 0.05) is 19.6 Å². The van der Waals surface area contributed by atoms with Crippen LogP contribution in [-0.4, -0.2) is 131 Å². The number of ether oxygens (including phenoxy) is 10. The quantitative estimate of drug-likeness (QED) is 0.0632. The highest BCUT2D eigenvalue weighted by molar-refractivity contribution is 8.77. The minimum atomic E-state index is -1.45. The standard InChI is InChI=1S/C32H30O20S2.C12H10S2/c1-43-23(33)11-13(25(35)45-3)17(29(39)49-7)21(18(30(40)50-8)14(11)26(36)46-4)53-54-22-19(31(41)51-9)15(27(37)47-5)12(24(34)44-2)16(28(38)48-6)20(22)32(42)52-10;1-3-7-11(8-4-1)13-14-12-9-5-2-6-10-12/h1-10H3;1-10H. The van der Waals surface area contributed by atoms with Gasteiger partial charge in [-0.3, -0.25) is 0 Å². The van der Waals surface area contributed by atoms with Crippen LogP contribution < -0.4 is 0 Å². The number of hydrogen-bond acceptors (Lipinski definition) is 24. The van der Waals surface area contributed by atoms with E-state index in [9.17, 15) is 47.9 Å². The van der Waals surface area contributed by atoms with Gasteiger partial charge in [-0.25, -0.2) is 47.9 Å². The van der Waals surface area contributed by atoms with Crippen LogP contribution >= 0.6 is 43.2 Å². The zero-order chi connectivity index (χ0) is 50.8. The first-order chi connectivity index (χ1) is 32.5. The summed E-state index contributed by atoms with van der Waals surface area (Å²) in [4.78, 5) is 135. The molecule has 0 atom stereocenters. The Hall–Kier alpha value is -7.02. The number of rotatable bonds is 16. The molecule has 0 unspecified atom stereocenters. The molecule has 0 aliphatic rings. The van der Waals surface area contributed by atoms with Crippen molar-refractivity contribution in [3.8, 4) is 0 Å². The third-order valence-electron chi connectivity index (χ3n) is 8.73. The van der Waals surface area contributed by atoms with Gasteiger partial charge in [-0.1, -0.05) is 79.6 Å². The number of carbonyl (C=O) groups excluding carboxylic acids is 10. The van der Waals surface area contributed by atoms with E-state index in [2.05, 4.69) is 48.5 Å². The maximum absolute atomic E-state index is 13.5. The first-order valence-electron chi connectivity index (χ1n) is 18.6. The molecule has 0 aliphatic heterocycles. The van der Waals surface area contributed by atoms with Crippen LogP contribution in [-0.2, 0) is 47.4 Å². The SMILES string of the molecule is COC(=O)c1c(SSc2c(C(=O)OC)c(C(=O)OC)c(C(=O)OC)c(C(=O)OC)c2C(=O)OC)c(C(=O)OC)c(C(=O)OC)c(C(=O)OC)c1C(=O)OC.c1ccc(SSc2ccccc2)cc1. The largest absolute Gasteiger partial charge is 0.465 e. The van der Waals surface area contributed by atoms with Gasteiger partial charge >= 0.3 is 59.7 Å². The summed E-state index contributed by atoms with van der Waals surface area (Å²) < 4.78 is 48.1. The fourth-order valence-corrected chi connectivity index (χ4v) is 10.5. The summed E-state index contributed by atoms with van der Waals surface area (Å²) in [7, 11) is 12.4. The van der Waals surface area contributed by atoms with Crippen LogP contribution in [0.3, 0.4) is 0 Å². The van der Waals surface area contributed by atoms with Crippen LogP contribution in [0, 0.1) is 0 Å². The summed E-state index contributed by atoms with van der Waals surface area (Å²) in [6.07, 6.45) is 0. The number of hydrogen-bond donors (Lipinski definition) is 0. The summed E-state index contributed by atoms with van der Waals surface area (Å²) in [6.45, 7) is 0. The van der Waals surface area contributed by atoms with Crippen molar-refractivity contribution >= 4 is 103 Å². The predicted molar refractivity (Wildman–Crippen MR) is 243 cm³/mol. The Kier molecular flexibility index (Phi) is 21.4. The van der Waals surface area contributed by atoms with E-state index in [0.29, 0.717) is 0 Å².